The van der Waals surface area contributed by atoms with E-state index in [1.54, 1.807) is 4.68 Å². The lowest BCUT2D eigenvalue weighted by molar-refractivity contribution is -0.122. The normalized spacial score (nSPS) is 12.0. The SMILES string of the molecule is C[C@H](CCc1ccccc1)NC(=O)Cn1cnc2c(cnn2-c2ccccc2)c1=O. The lowest BCUT2D eigenvalue weighted by Crippen LogP contribution is -2.37. The topological polar surface area (TPSA) is 81.8 Å². The van der Waals surface area contributed by atoms with Gasteiger partial charge in [-0.05, 0) is 37.5 Å². The summed E-state index contributed by atoms with van der Waals surface area (Å²) in [5.74, 6) is -0.214. The maximum Gasteiger partial charge on any atom is 0.264 e. The molecular formula is C23H23N5O2. The van der Waals surface area contributed by atoms with E-state index in [0.717, 1.165) is 18.5 Å². The van der Waals surface area contributed by atoms with Crippen LogP contribution in [0.25, 0.3) is 16.7 Å². The van der Waals surface area contributed by atoms with Crippen molar-refractivity contribution in [1.29, 1.82) is 0 Å². The van der Waals surface area contributed by atoms with Crippen molar-refractivity contribution >= 4 is 16.9 Å². The Kier molecular flexibility index (Phi) is 5.70. The number of rotatable bonds is 7. The summed E-state index contributed by atoms with van der Waals surface area (Å²) in [4.78, 5) is 29.6. The Balaban J connectivity index is 1.43. The predicted octanol–water partition coefficient (Wildman–Crippen LogP) is 2.72. The molecule has 1 atom stereocenters. The molecule has 2 aromatic heterocycles. The lowest BCUT2D eigenvalue weighted by atomic mass is 10.1. The van der Waals surface area contributed by atoms with Gasteiger partial charge in [-0.3, -0.25) is 14.2 Å². The average molecular weight is 401 g/mol. The van der Waals surface area contributed by atoms with E-state index in [1.807, 2.05) is 55.5 Å². The Labute approximate surface area is 174 Å². The van der Waals surface area contributed by atoms with E-state index in [0.29, 0.717) is 11.0 Å². The highest BCUT2D eigenvalue weighted by Gasteiger charge is 2.14. The Hall–Kier alpha value is -3.74. The third kappa shape index (κ3) is 4.30. The molecule has 7 heteroatoms. The van der Waals surface area contributed by atoms with Crippen molar-refractivity contribution in [3.8, 4) is 5.69 Å². The van der Waals surface area contributed by atoms with Crippen LogP contribution in [0.15, 0.2) is 78.0 Å². The van der Waals surface area contributed by atoms with E-state index in [-0.39, 0.29) is 24.1 Å². The van der Waals surface area contributed by atoms with Crippen molar-refractivity contribution in [3.63, 3.8) is 0 Å². The maximum absolute atomic E-state index is 12.8. The van der Waals surface area contributed by atoms with Crippen LogP contribution in [0.2, 0.25) is 0 Å². The van der Waals surface area contributed by atoms with Gasteiger partial charge in [0, 0.05) is 6.04 Å². The number of fused-ring (bicyclic) bond motifs is 1. The molecule has 1 amide bonds. The lowest BCUT2D eigenvalue weighted by Gasteiger charge is -2.14. The number of carbonyl (C=O) groups is 1. The van der Waals surface area contributed by atoms with Crippen LogP contribution < -0.4 is 10.9 Å². The first kappa shape index (κ1) is 19.6. The highest BCUT2D eigenvalue weighted by molar-refractivity contribution is 5.78. The molecule has 0 saturated heterocycles. The number of amides is 1. The molecule has 0 saturated carbocycles. The smallest absolute Gasteiger partial charge is 0.264 e. The molecule has 30 heavy (non-hydrogen) atoms. The van der Waals surface area contributed by atoms with Crippen LogP contribution in [0, 0.1) is 0 Å². The minimum atomic E-state index is -0.283. The molecule has 0 spiro atoms. The van der Waals surface area contributed by atoms with E-state index in [9.17, 15) is 9.59 Å². The summed E-state index contributed by atoms with van der Waals surface area (Å²) in [5, 5.41) is 7.63. The monoisotopic (exact) mass is 401 g/mol. The summed E-state index contributed by atoms with van der Waals surface area (Å²) < 4.78 is 2.94. The number of nitrogens with one attached hydrogen (secondary N) is 1. The fraction of sp³-hybridized carbons (Fsp3) is 0.217. The van der Waals surface area contributed by atoms with Crippen LogP contribution in [-0.4, -0.2) is 31.3 Å². The number of hydrogen-bond acceptors (Lipinski definition) is 4. The zero-order valence-electron chi connectivity index (χ0n) is 16.7. The number of hydrogen-bond donors (Lipinski definition) is 1. The third-order valence-electron chi connectivity index (χ3n) is 4.99. The largest absolute Gasteiger partial charge is 0.352 e. The summed E-state index contributed by atoms with van der Waals surface area (Å²) in [6.07, 6.45) is 4.61. The molecule has 0 radical (unpaired) electrons. The van der Waals surface area contributed by atoms with E-state index in [4.69, 9.17) is 0 Å². The molecule has 152 valence electrons. The molecule has 0 aliphatic rings. The van der Waals surface area contributed by atoms with E-state index < -0.39 is 0 Å². The van der Waals surface area contributed by atoms with Crippen LogP contribution in [0.4, 0.5) is 0 Å². The van der Waals surface area contributed by atoms with Gasteiger partial charge in [0.25, 0.3) is 5.56 Å². The van der Waals surface area contributed by atoms with Gasteiger partial charge in [0.1, 0.15) is 18.3 Å². The number of carbonyl (C=O) groups excluding carboxylic acids is 1. The first-order chi connectivity index (χ1) is 14.6. The van der Waals surface area contributed by atoms with Crippen molar-refractivity contribution in [3.05, 3.63) is 89.1 Å². The molecule has 4 aromatic rings. The summed E-state index contributed by atoms with van der Waals surface area (Å²) in [6.45, 7) is 1.89. The number of aryl methyl sites for hydroxylation is 1. The average Bonchev–Trinajstić information content (AvgIpc) is 3.20. The first-order valence-electron chi connectivity index (χ1n) is 9.93. The summed E-state index contributed by atoms with van der Waals surface area (Å²) in [5.41, 5.74) is 2.25. The standard InChI is InChI=1S/C23H23N5O2/c1-17(12-13-18-8-4-2-5-9-18)26-21(29)15-27-16-24-22-20(23(27)30)14-25-28(22)19-10-6-3-7-11-19/h2-11,14,16-17H,12-13,15H2,1H3,(H,26,29)/t17-/m1/s1. The van der Waals surface area contributed by atoms with Gasteiger partial charge in [-0.25, -0.2) is 9.67 Å². The fourth-order valence-corrected chi connectivity index (χ4v) is 3.39. The van der Waals surface area contributed by atoms with Crippen molar-refractivity contribution in [2.75, 3.05) is 0 Å². The fourth-order valence-electron chi connectivity index (χ4n) is 3.39. The summed E-state index contributed by atoms with van der Waals surface area (Å²) >= 11 is 0. The second kappa shape index (κ2) is 8.73. The maximum atomic E-state index is 12.8. The van der Waals surface area contributed by atoms with Gasteiger partial charge in [0.2, 0.25) is 5.91 Å². The van der Waals surface area contributed by atoms with Crippen molar-refractivity contribution in [1.82, 2.24) is 24.6 Å². The minimum absolute atomic E-state index is 0.00549. The molecular weight excluding hydrogens is 378 g/mol. The Morgan fingerprint density at radius 3 is 2.50 bits per heavy atom. The second-order valence-corrected chi connectivity index (χ2v) is 7.30. The molecule has 4 rings (SSSR count). The van der Waals surface area contributed by atoms with Gasteiger partial charge in [0.05, 0.1) is 11.9 Å². The summed E-state index contributed by atoms with van der Waals surface area (Å²) in [7, 11) is 0. The van der Waals surface area contributed by atoms with Gasteiger partial charge < -0.3 is 5.32 Å². The van der Waals surface area contributed by atoms with Crippen molar-refractivity contribution in [2.45, 2.75) is 32.4 Å². The quantitative estimate of drug-likeness (QED) is 0.516. The Bertz CT molecular complexity index is 1200. The van der Waals surface area contributed by atoms with Crippen LogP contribution >= 0.6 is 0 Å². The molecule has 0 aliphatic carbocycles. The molecule has 0 fully saturated rings. The summed E-state index contributed by atoms with van der Waals surface area (Å²) in [6, 6.07) is 19.6. The van der Waals surface area contributed by atoms with Crippen LogP contribution in [0.1, 0.15) is 18.9 Å². The molecule has 0 unspecified atom stereocenters. The van der Waals surface area contributed by atoms with Crippen molar-refractivity contribution < 1.29 is 4.79 Å². The highest BCUT2D eigenvalue weighted by atomic mass is 16.2. The van der Waals surface area contributed by atoms with Gasteiger partial charge in [-0.1, -0.05) is 48.5 Å². The molecule has 1 N–H and O–H groups in total. The van der Waals surface area contributed by atoms with Gasteiger partial charge in [-0.15, -0.1) is 0 Å². The van der Waals surface area contributed by atoms with Crippen LogP contribution in [-0.2, 0) is 17.8 Å². The van der Waals surface area contributed by atoms with Gasteiger partial charge >= 0.3 is 0 Å². The van der Waals surface area contributed by atoms with E-state index in [1.165, 1.54) is 22.7 Å². The van der Waals surface area contributed by atoms with Crippen molar-refractivity contribution in [2.24, 2.45) is 0 Å². The molecule has 7 nitrogen and oxygen atoms in total. The number of aromatic nitrogens is 4. The Morgan fingerprint density at radius 1 is 1.07 bits per heavy atom. The number of nitrogens with zero attached hydrogens (tertiary/aromatic N) is 4. The van der Waals surface area contributed by atoms with Crippen LogP contribution in [0.5, 0.6) is 0 Å². The third-order valence-corrected chi connectivity index (χ3v) is 4.99. The Morgan fingerprint density at radius 2 is 1.77 bits per heavy atom. The predicted molar refractivity (Wildman–Crippen MR) is 115 cm³/mol. The van der Waals surface area contributed by atoms with E-state index >= 15 is 0 Å². The van der Waals surface area contributed by atoms with Crippen LogP contribution in [0.3, 0.4) is 0 Å². The highest BCUT2D eigenvalue weighted by Crippen LogP contribution is 2.13. The minimum Gasteiger partial charge on any atom is -0.352 e. The zero-order chi connectivity index (χ0) is 20.9. The van der Waals surface area contributed by atoms with E-state index in [2.05, 4.69) is 27.5 Å². The molecule has 0 bridgehead atoms. The second-order valence-electron chi connectivity index (χ2n) is 7.30. The molecule has 0 aliphatic heterocycles. The number of benzene rings is 2. The molecule has 2 heterocycles. The van der Waals surface area contributed by atoms with Gasteiger partial charge in [0.15, 0.2) is 5.65 Å². The van der Waals surface area contributed by atoms with Gasteiger partial charge in [-0.2, -0.15) is 5.10 Å². The molecule has 2 aromatic carbocycles. The zero-order valence-corrected chi connectivity index (χ0v) is 16.7. The number of para-hydroxylation sites is 1. The first-order valence-corrected chi connectivity index (χ1v) is 9.93.